The summed E-state index contributed by atoms with van der Waals surface area (Å²) in [6.45, 7) is 1.71. The maximum absolute atomic E-state index is 11.0. The molecule has 2 amide bonds. The molecule has 1 aromatic carbocycles. The van der Waals surface area contributed by atoms with Crippen LogP contribution in [0, 0.1) is 0 Å². The number of amides is 2. The van der Waals surface area contributed by atoms with Crippen LogP contribution < -0.4 is 10.6 Å². The summed E-state index contributed by atoms with van der Waals surface area (Å²) in [7, 11) is 0. The third-order valence-corrected chi connectivity index (χ3v) is 1.86. The van der Waals surface area contributed by atoms with Crippen molar-refractivity contribution in [1.29, 1.82) is 0 Å². The van der Waals surface area contributed by atoms with Crippen LogP contribution in [0.15, 0.2) is 24.3 Å². The Labute approximate surface area is 82.9 Å². The third-order valence-electron chi connectivity index (χ3n) is 1.86. The highest BCUT2D eigenvalue weighted by molar-refractivity contribution is 5.89. The topological polar surface area (TPSA) is 61.4 Å². The Morgan fingerprint density at radius 1 is 1.36 bits per heavy atom. The van der Waals surface area contributed by atoms with Crippen molar-refractivity contribution in [3.8, 4) is 0 Å². The Balaban J connectivity index is 2.55. The van der Waals surface area contributed by atoms with Gasteiger partial charge in [0, 0.05) is 5.69 Å². The molecule has 14 heavy (non-hydrogen) atoms. The lowest BCUT2D eigenvalue weighted by Gasteiger charge is -2.05. The van der Waals surface area contributed by atoms with E-state index in [1.54, 1.807) is 0 Å². The van der Waals surface area contributed by atoms with Crippen molar-refractivity contribution in [1.82, 2.24) is 5.32 Å². The summed E-state index contributed by atoms with van der Waals surface area (Å²) in [6, 6.07) is 7.16. The average Bonchev–Trinajstić information content (AvgIpc) is 2.19. The van der Waals surface area contributed by atoms with Gasteiger partial charge in [0.05, 0.1) is 0 Å². The molecule has 3 N–H and O–H groups in total. The number of hydrogen-bond donors (Lipinski definition) is 3. The Morgan fingerprint density at radius 2 is 2.00 bits per heavy atom. The standard InChI is InChI=1S/C10H14N2O2/c1-2-8-3-5-9(6-4-8)12-10(14)11-7-13/h3-6,13H,2,7H2,1H3,(H2,11,12,14). The van der Waals surface area contributed by atoms with E-state index in [1.807, 2.05) is 24.3 Å². The zero-order chi connectivity index (χ0) is 10.4. The number of urea groups is 1. The first-order chi connectivity index (χ1) is 6.76. The molecule has 0 aliphatic heterocycles. The van der Waals surface area contributed by atoms with Crippen LogP contribution in [-0.4, -0.2) is 17.9 Å². The number of hydrogen-bond acceptors (Lipinski definition) is 2. The Bertz CT molecular complexity index is 295. The molecular formula is C10H14N2O2. The number of aryl methyl sites for hydroxylation is 1. The van der Waals surface area contributed by atoms with E-state index < -0.39 is 6.03 Å². The van der Waals surface area contributed by atoms with Gasteiger partial charge in [-0.25, -0.2) is 4.79 Å². The summed E-state index contributed by atoms with van der Waals surface area (Å²) in [4.78, 5) is 11.0. The second kappa shape index (κ2) is 5.24. The molecule has 0 bridgehead atoms. The minimum absolute atomic E-state index is 0.362. The first kappa shape index (κ1) is 10.5. The van der Waals surface area contributed by atoms with Crippen LogP contribution in [0.5, 0.6) is 0 Å². The monoisotopic (exact) mass is 194 g/mol. The maximum Gasteiger partial charge on any atom is 0.321 e. The van der Waals surface area contributed by atoms with Gasteiger partial charge in [0.2, 0.25) is 0 Å². The molecule has 0 unspecified atom stereocenters. The highest BCUT2D eigenvalue weighted by Gasteiger charge is 1.98. The lowest BCUT2D eigenvalue weighted by molar-refractivity contribution is 0.228. The van der Waals surface area contributed by atoms with Gasteiger partial charge < -0.3 is 15.7 Å². The summed E-state index contributed by atoms with van der Waals surface area (Å²) < 4.78 is 0. The van der Waals surface area contributed by atoms with Gasteiger partial charge >= 0.3 is 6.03 Å². The second-order valence-electron chi connectivity index (χ2n) is 2.84. The van der Waals surface area contributed by atoms with Crippen molar-refractivity contribution in [3.63, 3.8) is 0 Å². The predicted molar refractivity (Wildman–Crippen MR) is 55.1 cm³/mol. The molecule has 1 rings (SSSR count). The number of carbonyl (C=O) groups is 1. The van der Waals surface area contributed by atoms with Crippen LogP contribution in [-0.2, 0) is 6.42 Å². The van der Waals surface area contributed by atoms with E-state index in [9.17, 15) is 4.79 Å². The van der Waals surface area contributed by atoms with Gasteiger partial charge in [-0.1, -0.05) is 19.1 Å². The summed E-state index contributed by atoms with van der Waals surface area (Å²) in [5.41, 5.74) is 1.94. The van der Waals surface area contributed by atoms with E-state index in [1.165, 1.54) is 5.56 Å². The molecule has 0 heterocycles. The van der Waals surface area contributed by atoms with Crippen LogP contribution in [0.1, 0.15) is 12.5 Å². The van der Waals surface area contributed by atoms with Gasteiger partial charge in [0.1, 0.15) is 6.73 Å². The minimum atomic E-state index is -0.406. The fourth-order valence-electron chi connectivity index (χ4n) is 1.07. The number of benzene rings is 1. The van der Waals surface area contributed by atoms with Crippen molar-refractivity contribution in [2.45, 2.75) is 13.3 Å². The van der Waals surface area contributed by atoms with Crippen molar-refractivity contribution in [2.24, 2.45) is 0 Å². The molecule has 4 nitrogen and oxygen atoms in total. The van der Waals surface area contributed by atoms with Crippen molar-refractivity contribution >= 4 is 11.7 Å². The zero-order valence-electron chi connectivity index (χ0n) is 8.08. The van der Waals surface area contributed by atoms with Gasteiger partial charge in [-0.05, 0) is 24.1 Å². The molecule has 0 aliphatic rings. The van der Waals surface area contributed by atoms with E-state index in [0.717, 1.165) is 6.42 Å². The molecule has 0 aromatic heterocycles. The van der Waals surface area contributed by atoms with Gasteiger partial charge in [-0.3, -0.25) is 0 Å². The Morgan fingerprint density at radius 3 is 2.50 bits per heavy atom. The Hall–Kier alpha value is -1.55. The average molecular weight is 194 g/mol. The maximum atomic E-state index is 11.0. The fourth-order valence-corrected chi connectivity index (χ4v) is 1.07. The van der Waals surface area contributed by atoms with Crippen LogP contribution in [0.25, 0.3) is 0 Å². The molecule has 0 fully saturated rings. The molecule has 4 heteroatoms. The van der Waals surface area contributed by atoms with Crippen LogP contribution in [0.2, 0.25) is 0 Å². The van der Waals surface area contributed by atoms with Crippen LogP contribution >= 0.6 is 0 Å². The number of nitrogens with one attached hydrogen (secondary N) is 2. The van der Waals surface area contributed by atoms with Crippen LogP contribution in [0.4, 0.5) is 10.5 Å². The number of aliphatic hydroxyl groups excluding tert-OH is 1. The summed E-state index contributed by atoms with van der Waals surface area (Å²) in [5.74, 6) is 0. The van der Waals surface area contributed by atoms with Gasteiger partial charge in [-0.15, -0.1) is 0 Å². The lowest BCUT2D eigenvalue weighted by Crippen LogP contribution is -2.29. The normalized spacial score (nSPS) is 9.57. The first-order valence-corrected chi connectivity index (χ1v) is 4.51. The number of anilines is 1. The minimum Gasteiger partial charge on any atom is -0.376 e. The molecule has 76 valence electrons. The van der Waals surface area contributed by atoms with Crippen molar-refractivity contribution in [2.75, 3.05) is 12.0 Å². The molecule has 1 aromatic rings. The molecule has 0 atom stereocenters. The first-order valence-electron chi connectivity index (χ1n) is 4.51. The zero-order valence-corrected chi connectivity index (χ0v) is 8.08. The Kier molecular flexibility index (Phi) is 3.94. The van der Waals surface area contributed by atoms with E-state index in [4.69, 9.17) is 5.11 Å². The fraction of sp³-hybridized carbons (Fsp3) is 0.300. The largest absolute Gasteiger partial charge is 0.376 e. The van der Waals surface area contributed by atoms with Gasteiger partial charge in [0.15, 0.2) is 0 Å². The third kappa shape index (κ3) is 3.06. The van der Waals surface area contributed by atoms with Crippen molar-refractivity contribution in [3.05, 3.63) is 29.8 Å². The van der Waals surface area contributed by atoms with E-state index in [2.05, 4.69) is 17.6 Å². The predicted octanol–water partition coefficient (Wildman–Crippen LogP) is 1.32. The highest BCUT2D eigenvalue weighted by atomic mass is 16.3. The lowest BCUT2D eigenvalue weighted by atomic mass is 10.1. The second-order valence-corrected chi connectivity index (χ2v) is 2.84. The van der Waals surface area contributed by atoms with E-state index in [-0.39, 0.29) is 6.73 Å². The molecule has 0 saturated carbocycles. The molecule has 0 aliphatic carbocycles. The van der Waals surface area contributed by atoms with E-state index in [0.29, 0.717) is 5.69 Å². The summed E-state index contributed by atoms with van der Waals surface area (Å²) >= 11 is 0. The van der Waals surface area contributed by atoms with Gasteiger partial charge in [0.25, 0.3) is 0 Å². The number of aliphatic hydroxyl groups is 1. The SMILES string of the molecule is CCc1ccc(NC(=O)NCO)cc1. The number of carbonyl (C=O) groups excluding carboxylic acids is 1. The molecule has 0 spiro atoms. The summed E-state index contributed by atoms with van der Waals surface area (Å²) in [5, 5.41) is 13.2. The van der Waals surface area contributed by atoms with Gasteiger partial charge in [-0.2, -0.15) is 0 Å². The van der Waals surface area contributed by atoms with Crippen LogP contribution in [0.3, 0.4) is 0 Å². The van der Waals surface area contributed by atoms with Crippen molar-refractivity contribution < 1.29 is 9.90 Å². The summed E-state index contributed by atoms with van der Waals surface area (Å²) in [6.07, 6.45) is 0.975. The highest BCUT2D eigenvalue weighted by Crippen LogP contribution is 2.09. The number of rotatable bonds is 3. The molecule has 0 radical (unpaired) electrons. The quantitative estimate of drug-likeness (QED) is 0.635. The molecular weight excluding hydrogens is 180 g/mol. The van der Waals surface area contributed by atoms with E-state index >= 15 is 0 Å². The smallest absolute Gasteiger partial charge is 0.321 e. The molecule has 0 saturated heterocycles.